The average molecular weight is 401 g/mol. The molecule has 1 aromatic carbocycles. The van der Waals surface area contributed by atoms with Crippen LogP contribution in [0.25, 0.3) is 0 Å². The van der Waals surface area contributed by atoms with Crippen LogP contribution in [0.1, 0.15) is 96.9 Å². The number of hydrogen-bond acceptors (Lipinski definition) is 4. The lowest BCUT2D eigenvalue weighted by Crippen LogP contribution is -2.45. The fourth-order valence-electron chi connectivity index (χ4n) is 5.07. The predicted molar refractivity (Wildman–Crippen MR) is 116 cm³/mol. The molecule has 2 fully saturated rings. The smallest absolute Gasteiger partial charge is 0.254 e. The van der Waals surface area contributed by atoms with Gasteiger partial charge in [0.25, 0.3) is 5.91 Å². The van der Waals surface area contributed by atoms with E-state index in [0.29, 0.717) is 17.7 Å². The zero-order valence-electron chi connectivity index (χ0n) is 17.6. The molecule has 2 aliphatic carbocycles. The van der Waals surface area contributed by atoms with Gasteiger partial charge < -0.3 is 22.1 Å². The molecule has 6 N–H and O–H groups in total. The molecular weight excluding hydrogens is 364 g/mol. The van der Waals surface area contributed by atoms with Crippen molar-refractivity contribution < 1.29 is 9.59 Å². The topological polar surface area (TPSA) is 115 Å². The van der Waals surface area contributed by atoms with Gasteiger partial charge in [-0.1, -0.05) is 13.0 Å². The van der Waals surface area contributed by atoms with Gasteiger partial charge in [-0.2, -0.15) is 0 Å². The van der Waals surface area contributed by atoms with Crippen LogP contribution >= 0.6 is 0 Å². The van der Waals surface area contributed by atoms with E-state index >= 15 is 0 Å². The maximum atomic E-state index is 13.7. The first-order chi connectivity index (χ1) is 13.9. The van der Waals surface area contributed by atoms with Crippen molar-refractivity contribution in [1.82, 2.24) is 4.90 Å². The van der Waals surface area contributed by atoms with E-state index in [-0.39, 0.29) is 30.0 Å². The van der Waals surface area contributed by atoms with Crippen molar-refractivity contribution in [3.8, 4) is 0 Å². The van der Waals surface area contributed by atoms with Crippen molar-refractivity contribution in [2.75, 3.05) is 6.54 Å². The van der Waals surface area contributed by atoms with Crippen molar-refractivity contribution in [2.24, 2.45) is 17.2 Å². The Morgan fingerprint density at radius 3 is 2.03 bits per heavy atom. The summed E-state index contributed by atoms with van der Waals surface area (Å²) in [5, 5.41) is 0. The molecule has 0 aromatic heterocycles. The van der Waals surface area contributed by atoms with Crippen LogP contribution in [0.2, 0.25) is 0 Å². The summed E-state index contributed by atoms with van der Waals surface area (Å²) < 4.78 is 0. The summed E-state index contributed by atoms with van der Waals surface area (Å²) in [5.74, 6) is -0.281. The molecule has 0 saturated heterocycles. The number of hydrogen-bond donors (Lipinski definition) is 3. The SMILES string of the molecule is CCCN(C(=O)c1cccc(C(N)=O)c1C1CCC(N)CC1)C1CCC(N)CC1. The summed E-state index contributed by atoms with van der Waals surface area (Å²) in [5.41, 5.74) is 19.8. The van der Waals surface area contributed by atoms with E-state index in [4.69, 9.17) is 17.2 Å². The van der Waals surface area contributed by atoms with Crippen LogP contribution in [0.4, 0.5) is 0 Å². The zero-order valence-corrected chi connectivity index (χ0v) is 17.6. The minimum Gasteiger partial charge on any atom is -0.366 e. The molecule has 1 aromatic rings. The predicted octanol–water partition coefficient (Wildman–Crippen LogP) is 2.89. The Labute approximate surface area is 174 Å². The second-order valence-electron chi connectivity index (χ2n) is 8.81. The number of nitrogens with zero attached hydrogens (tertiary/aromatic N) is 1. The first kappa shape index (κ1) is 21.8. The number of rotatable bonds is 6. The molecule has 0 aliphatic heterocycles. The van der Waals surface area contributed by atoms with Crippen LogP contribution in [0.3, 0.4) is 0 Å². The highest BCUT2D eigenvalue weighted by molar-refractivity contribution is 6.02. The maximum Gasteiger partial charge on any atom is 0.254 e. The fourth-order valence-corrected chi connectivity index (χ4v) is 5.07. The number of amides is 2. The molecule has 0 unspecified atom stereocenters. The molecule has 2 amide bonds. The Hall–Kier alpha value is -1.92. The number of primary amides is 1. The normalized spacial score (nSPS) is 27.4. The van der Waals surface area contributed by atoms with E-state index in [9.17, 15) is 9.59 Å². The van der Waals surface area contributed by atoms with Crippen LogP contribution in [0.5, 0.6) is 0 Å². The molecule has 2 saturated carbocycles. The molecule has 0 radical (unpaired) electrons. The fraction of sp³-hybridized carbons (Fsp3) is 0.652. The monoisotopic (exact) mass is 400 g/mol. The van der Waals surface area contributed by atoms with E-state index in [1.54, 1.807) is 12.1 Å². The third-order valence-corrected chi connectivity index (χ3v) is 6.69. The molecular formula is C23H36N4O2. The van der Waals surface area contributed by atoms with E-state index < -0.39 is 5.91 Å². The van der Waals surface area contributed by atoms with Gasteiger partial charge in [0.15, 0.2) is 0 Å². The summed E-state index contributed by atoms with van der Waals surface area (Å²) >= 11 is 0. The summed E-state index contributed by atoms with van der Waals surface area (Å²) in [6, 6.07) is 6.07. The summed E-state index contributed by atoms with van der Waals surface area (Å²) in [7, 11) is 0. The Morgan fingerprint density at radius 2 is 1.48 bits per heavy atom. The van der Waals surface area contributed by atoms with Crippen LogP contribution in [0, 0.1) is 0 Å². The molecule has 0 bridgehead atoms. The molecule has 6 heteroatoms. The molecule has 3 rings (SSSR count). The van der Waals surface area contributed by atoms with Gasteiger partial charge in [-0.25, -0.2) is 0 Å². The van der Waals surface area contributed by atoms with Crippen molar-refractivity contribution >= 4 is 11.8 Å². The first-order valence-electron chi connectivity index (χ1n) is 11.2. The largest absolute Gasteiger partial charge is 0.366 e. The number of carbonyl (C=O) groups excluding carboxylic acids is 2. The molecule has 0 spiro atoms. The summed E-state index contributed by atoms with van der Waals surface area (Å²) in [6.45, 7) is 2.81. The molecule has 0 heterocycles. The van der Waals surface area contributed by atoms with Crippen molar-refractivity contribution in [1.29, 1.82) is 0 Å². The van der Waals surface area contributed by atoms with Crippen LogP contribution in [0.15, 0.2) is 18.2 Å². The van der Waals surface area contributed by atoms with E-state index in [2.05, 4.69) is 6.92 Å². The molecule has 0 atom stereocenters. The lowest BCUT2D eigenvalue weighted by molar-refractivity contribution is 0.0624. The lowest BCUT2D eigenvalue weighted by Gasteiger charge is -2.37. The van der Waals surface area contributed by atoms with E-state index in [1.165, 1.54) is 0 Å². The molecule has 2 aliphatic rings. The van der Waals surface area contributed by atoms with Crippen LogP contribution in [-0.4, -0.2) is 41.4 Å². The van der Waals surface area contributed by atoms with Gasteiger partial charge in [0.2, 0.25) is 5.91 Å². The Bertz CT molecular complexity index is 720. The highest BCUT2D eigenvalue weighted by atomic mass is 16.2. The van der Waals surface area contributed by atoms with Gasteiger partial charge in [0.05, 0.1) is 0 Å². The van der Waals surface area contributed by atoms with Gasteiger partial charge in [0, 0.05) is 35.8 Å². The highest BCUT2D eigenvalue weighted by Crippen LogP contribution is 2.37. The third kappa shape index (κ3) is 4.98. The number of nitrogens with two attached hydrogens (primary N) is 3. The van der Waals surface area contributed by atoms with Gasteiger partial charge in [-0.15, -0.1) is 0 Å². The maximum absolute atomic E-state index is 13.7. The minimum atomic E-state index is -0.463. The second kappa shape index (κ2) is 9.72. The van der Waals surface area contributed by atoms with Gasteiger partial charge >= 0.3 is 0 Å². The highest BCUT2D eigenvalue weighted by Gasteiger charge is 2.32. The minimum absolute atomic E-state index is 0.0280. The first-order valence-corrected chi connectivity index (χ1v) is 11.2. The zero-order chi connectivity index (χ0) is 21.0. The van der Waals surface area contributed by atoms with Crippen LogP contribution in [-0.2, 0) is 0 Å². The molecule has 160 valence electrons. The Morgan fingerprint density at radius 1 is 0.931 bits per heavy atom. The van der Waals surface area contributed by atoms with Gasteiger partial charge in [0.1, 0.15) is 0 Å². The third-order valence-electron chi connectivity index (χ3n) is 6.69. The molecule has 29 heavy (non-hydrogen) atoms. The van der Waals surface area contributed by atoms with Crippen molar-refractivity contribution in [3.63, 3.8) is 0 Å². The van der Waals surface area contributed by atoms with Crippen molar-refractivity contribution in [2.45, 2.75) is 88.8 Å². The van der Waals surface area contributed by atoms with Crippen LogP contribution < -0.4 is 17.2 Å². The van der Waals surface area contributed by atoms with E-state index in [1.807, 2.05) is 11.0 Å². The van der Waals surface area contributed by atoms with Crippen molar-refractivity contribution in [3.05, 3.63) is 34.9 Å². The Kier molecular flexibility index (Phi) is 7.30. The van der Waals surface area contributed by atoms with Gasteiger partial charge in [-0.3, -0.25) is 9.59 Å². The standard InChI is InChI=1S/C23H36N4O2/c1-2-14-27(18-12-10-17(25)11-13-18)23(29)20-5-3-4-19(22(26)28)21(20)15-6-8-16(24)9-7-15/h3-5,15-18H,2,6-14,24-25H2,1H3,(H2,26,28). The summed E-state index contributed by atoms with van der Waals surface area (Å²) in [6.07, 6.45) is 8.27. The Balaban J connectivity index is 1.95. The van der Waals surface area contributed by atoms with Gasteiger partial charge in [-0.05, 0) is 81.4 Å². The number of benzene rings is 1. The second-order valence-corrected chi connectivity index (χ2v) is 8.81. The summed E-state index contributed by atoms with van der Waals surface area (Å²) in [4.78, 5) is 27.9. The number of carbonyl (C=O) groups is 2. The average Bonchev–Trinajstić information content (AvgIpc) is 2.72. The molecule has 6 nitrogen and oxygen atoms in total. The van der Waals surface area contributed by atoms with E-state index in [0.717, 1.165) is 63.4 Å². The lowest BCUT2D eigenvalue weighted by atomic mass is 9.78. The quantitative estimate of drug-likeness (QED) is 0.681.